The van der Waals surface area contributed by atoms with Crippen molar-refractivity contribution in [1.29, 1.82) is 0 Å². The zero-order chi connectivity index (χ0) is 23.3. The van der Waals surface area contributed by atoms with Crippen molar-refractivity contribution >= 4 is 23.6 Å². The van der Waals surface area contributed by atoms with Crippen molar-refractivity contribution in [1.82, 2.24) is 10.2 Å². The summed E-state index contributed by atoms with van der Waals surface area (Å²) in [5.74, 6) is 1.53. The zero-order valence-corrected chi connectivity index (χ0v) is 19.3. The van der Waals surface area contributed by atoms with Crippen molar-refractivity contribution in [3.05, 3.63) is 59.7 Å². The van der Waals surface area contributed by atoms with Gasteiger partial charge in [0, 0.05) is 29.9 Å². The molecule has 2 saturated heterocycles. The number of anilines is 1. The lowest BCUT2D eigenvalue weighted by atomic mass is 9.83. The second-order valence-corrected chi connectivity index (χ2v) is 9.23. The summed E-state index contributed by atoms with van der Waals surface area (Å²) in [6, 6.07) is 13.2. The number of rotatable bonds is 6. The summed E-state index contributed by atoms with van der Waals surface area (Å²) in [5.41, 5.74) is 1.98. The minimum atomic E-state index is -0.269. The number of benzene rings is 2. The Morgan fingerprint density at radius 3 is 2.82 bits per heavy atom. The van der Waals surface area contributed by atoms with E-state index in [1.165, 1.54) is 51.3 Å². The van der Waals surface area contributed by atoms with Crippen molar-refractivity contribution in [2.75, 3.05) is 31.7 Å². The first kappa shape index (κ1) is 22.5. The highest BCUT2D eigenvalue weighted by atomic mass is 16.7. The molecule has 34 heavy (non-hydrogen) atoms. The van der Waals surface area contributed by atoms with Gasteiger partial charge in [-0.2, -0.15) is 0 Å². The van der Waals surface area contributed by atoms with Gasteiger partial charge in [0.1, 0.15) is 0 Å². The molecule has 3 aliphatic heterocycles. The third-order valence-electron chi connectivity index (χ3n) is 6.97. The molecule has 3 heterocycles. The van der Waals surface area contributed by atoms with E-state index in [-0.39, 0.29) is 18.6 Å². The lowest BCUT2D eigenvalue weighted by Crippen LogP contribution is -2.51. The smallest absolute Gasteiger partial charge is 0.251 e. The summed E-state index contributed by atoms with van der Waals surface area (Å²) in [4.78, 5) is 27.8. The van der Waals surface area contributed by atoms with E-state index in [4.69, 9.17) is 9.47 Å². The molecule has 7 heteroatoms. The van der Waals surface area contributed by atoms with Crippen molar-refractivity contribution in [3.8, 4) is 11.5 Å². The summed E-state index contributed by atoms with van der Waals surface area (Å²) in [6.45, 7) is 3.31. The van der Waals surface area contributed by atoms with E-state index in [9.17, 15) is 9.59 Å². The molecule has 0 aromatic heterocycles. The van der Waals surface area contributed by atoms with Gasteiger partial charge in [0.25, 0.3) is 5.91 Å². The Kier molecular flexibility index (Phi) is 6.81. The Hall–Kier alpha value is -3.32. The van der Waals surface area contributed by atoms with Gasteiger partial charge in [-0.1, -0.05) is 18.6 Å². The fraction of sp³-hybridized carbons (Fsp3) is 0.407. The standard InChI is InChI=1S/C27H31N3O4/c31-26(12-10-19-9-11-24-25(15-19)34-18-33-24)29-22-7-3-5-20(16-22)27(32)28-17-21-6-4-14-30-13-2-1-8-23(21)30/h3,5,7,9-12,15-16,21,23H,1-2,4,6,8,13-14,17-18H2,(H,28,32)(H,29,31)/b12-10+/t21-,23+/m0/s1. The first-order chi connectivity index (χ1) is 16.7. The predicted octanol–water partition coefficient (Wildman–Crippen LogP) is 4.06. The number of carbonyl (C=O) groups is 2. The predicted molar refractivity (Wildman–Crippen MR) is 131 cm³/mol. The number of hydrogen-bond donors (Lipinski definition) is 2. The molecule has 2 atom stereocenters. The molecule has 0 bridgehead atoms. The Bertz CT molecular complexity index is 1080. The van der Waals surface area contributed by atoms with Crippen LogP contribution in [0.2, 0.25) is 0 Å². The van der Waals surface area contributed by atoms with Gasteiger partial charge in [-0.3, -0.25) is 9.59 Å². The molecule has 0 saturated carbocycles. The largest absolute Gasteiger partial charge is 0.454 e. The second kappa shape index (κ2) is 10.3. The number of nitrogens with one attached hydrogen (secondary N) is 2. The maximum Gasteiger partial charge on any atom is 0.251 e. The number of piperidine rings is 2. The van der Waals surface area contributed by atoms with E-state index >= 15 is 0 Å². The number of fused-ring (bicyclic) bond motifs is 2. The highest BCUT2D eigenvalue weighted by Crippen LogP contribution is 2.33. The lowest BCUT2D eigenvalue weighted by Gasteiger charge is -2.44. The lowest BCUT2D eigenvalue weighted by molar-refractivity contribution is -0.111. The number of carbonyl (C=O) groups excluding carboxylic acids is 2. The second-order valence-electron chi connectivity index (χ2n) is 9.23. The maximum absolute atomic E-state index is 12.8. The van der Waals surface area contributed by atoms with Crippen LogP contribution in [0.15, 0.2) is 48.5 Å². The zero-order valence-electron chi connectivity index (χ0n) is 19.3. The third kappa shape index (κ3) is 5.25. The average Bonchev–Trinajstić information content (AvgIpc) is 3.34. The van der Waals surface area contributed by atoms with Crippen molar-refractivity contribution < 1.29 is 19.1 Å². The van der Waals surface area contributed by atoms with Crippen LogP contribution in [0.25, 0.3) is 6.08 Å². The van der Waals surface area contributed by atoms with Crippen LogP contribution in [0.3, 0.4) is 0 Å². The molecule has 178 valence electrons. The molecule has 0 radical (unpaired) electrons. The van der Waals surface area contributed by atoms with Gasteiger partial charge in [0.15, 0.2) is 11.5 Å². The van der Waals surface area contributed by atoms with Crippen molar-refractivity contribution in [2.45, 2.75) is 38.1 Å². The molecule has 3 aliphatic rings. The van der Waals surface area contributed by atoms with Gasteiger partial charge in [-0.25, -0.2) is 0 Å². The molecule has 5 rings (SSSR count). The Morgan fingerprint density at radius 2 is 1.88 bits per heavy atom. The van der Waals surface area contributed by atoms with E-state index in [0.29, 0.717) is 41.3 Å². The highest BCUT2D eigenvalue weighted by Gasteiger charge is 2.32. The summed E-state index contributed by atoms with van der Waals surface area (Å²) in [6.07, 6.45) is 9.37. The van der Waals surface area contributed by atoms with Crippen molar-refractivity contribution in [2.24, 2.45) is 5.92 Å². The van der Waals surface area contributed by atoms with Crippen LogP contribution in [0, 0.1) is 5.92 Å². The molecular formula is C27H31N3O4. The van der Waals surface area contributed by atoms with Crippen LogP contribution in [0.5, 0.6) is 11.5 Å². The quantitative estimate of drug-likeness (QED) is 0.634. The van der Waals surface area contributed by atoms with Crippen LogP contribution in [-0.2, 0) is 4.79 Å². The number of ether oxygens (including phenoxy) is 2. The normalized spacial score (nSPS) is 21.8. The van der Waals surface area contributed by atoms with E-state index in [1.54, 1.807) is 30.3 Å². The van der Waals surface area contributed by atoms with Crippen LogP contribution in [-0.4, -0.2) is 49.2 Å². The molecule has 0 spiro atoms. The van der Waals surface area contributed by atoms with Crippen LogP contribution < -0.4 is 20.1 Å². The molecule has 2 aromatic carbocycles. The molecule has 2 fully saturated rings. The van der Waals surface area contributed by atoms with Gasteiger partial charge >= 0.3 is 0 Å². The number of nitrogens with zero attached hydrogens (tertiary/aromatic N) is 1. The van der Waals surface area contributed by atoms with Crippen LogP contribution in [0.1, 0.15) is 48.0 Å². The van der Waals surface area contributed by atoms with Gasteiger partial charge in [0.05, 0.1) is 0 Å². The fourth-order valence-corrected chi connectivity index (χ4v) is 5.25. The first-order valence-corrected chi connectivity index (χ1v) is 12.2. The van der Waals surface area contributed by atoms with Gasteiger partial charge < -0.3 is 25.0 Å². The number of hydrogen-bond acceptors (Lipinski definition) is 5. The topological polar surface area (TPSA) is 79.9 Å². The molecule has 0 aliphatic carbocycles. The fourth-order valence-electron chi connectivity index (χ4n) is 5.25. The molecule has 2 amide bonds. The molecule has 2 N–H and O–H groups in total. The van der Waals surface area contributed by atoms with Gasteiger partial charge in [0.2, 0.25) is 12.7 Å². The molecule has 2 aromatic rings. The van der Waals surface area contributed by atoms with Gasteiger partial charge in [-0.15, -0.1) is 0 Å². The van der Waals surface area contributed by atoms with E-state index in [1.807, 2.05) is 18.2 Å². The van der Waals surface area contributed by atoms with Crippen LogP contribution in [0.4, 0.5) is 5.69 Å². The number of amides is 2. The maximum atomic E-state index is 12.8. The van der Waals surface area contributed by atoms with E-state index < -0.39 is 0 Å². The van der Waals surface area contributed by atoms with Crippen LogP contribution >= 0.6 is 0 Å². The molecule has 7 nitrogen and oxygen atoms in total. The van der Waals surface area contributed by atoms with Crippen molar-refractivity contribution in [3.63, 3.8) is 0 Å². The summed E-state index contributed by atoms with van der Waals surface area (Å²) < 4.78 is 10.7. The monoisotopic (exact) mass is 461 g/mol. The van der Waals surface area contributed by atoms with E-state index in [2.05, 4.69) is 15.5 Å². The Morgan fingerprint density at radius 1 is 1.00 bits per heavy atom. The minimum absolute atomic E-state index is 0.0973. The summed E-state index contributed by atoms with van der Waals surface area (Å²) in [7, 11) is 0. The van der Waals surface area contributed by atoms with E-state index in [0.717, 1.165) is 5.56 Å². The Labute approximate surface area is 200 Å². The Balaban J connectivity index is 1.15. The SMILES string of the molecule is O=C(/C=C/c1ccc2c(c1)OCO2)Nc1cccc(C(=O)NC[C@@H]2CCCN3CCCC[C@H]23)c1. The molecular weight excluding hydrogens is 430 g/mol. The average molecular weight is 462 g/mol. The minimum Gasteiger partial charge on any atom is -0.454 e. The van der Waals surface area contributed by atoms with Gasteiger partial charge in [-0.05, 0) is 86.7 Å². The summed E-state index contributed by atoms with van der Waals surface area (Å²) in [5, 5.41) is 5.97. The molecule has 0 unspecified atom stereocenters. The highest BCUT2D eigenvalue weighted by molar-refractivity contribution is 6.03. The third-order valence-corrected chi connectivity index (χ3v) is 6.97. The first-order valence-electron chi connectivity index (χ1n) is 12.2. The summed E-state index contributed by atoms with van der Waals surface area (Å²) >= 11 is 0.